The molecule has 1 amide bonds. The van der Waals surface area contributed by atoms with E-state index in [1.807, 2.05) is 60.7 Å². The number of hydrogen-bond acceptors (Lipinski definition) is 3. The summed E-state index contributed by atoms with van der Waals surface area (Å²) in [5.74, 6) is 0.895. The summed E-state index contributed by atoms with van der Waals surface area (Å²) in [6.07, 6.45) is 0.484. The van der Waals surface area contributed by atoms with Crippen molar-refractivity contribution in [3.8, 4) is 11.5 Å². The van der Waals surface area contributed by atoms with Crippen molar-refractivity contribution in [2.24, 2.45) is 0 Å². The molecule has 1 heterocycles. The monoisotopic (exact) mass is 393 g/mol. The second-order valence-electron chi connectivity index (χ2n) is 6.62. The number of carbonyl (C=O) groups is 1. The number of ether oxygens (including phenoxy) is 2. The molecule has 5 heteroatoms. The molecule has 0 spiro atoms. The highest BCUT2D eigenvalue weighted by molar-refractivity contribution is 6.31. The number of nitrogens with zero attached hydrogens (tertiary/aromatic N) is 1. The first-order chi connectivity index (χ1) is 13.6. The average molecular weight is 394 g/mol. The van der Waals surface area contributed by atoms with E-state index in [1.54, 1.807) is 25.2 Å². The number of anilines is 2. The van der Waals surface area contributed by atoms with Gasteiger partial charge in [0.2, 0.25) is 5.91 Å². The Morgan fingerprint density at radius 3 is 2.29 bits per heavy atom. The van der Waals surface area contributed by atoms with Gasteiger partial charge < -0.3 is 9.47 Å². The van der Waals surface area contributed by atoms with Crippen LogP contribution in [-0.2, 0) is 11.2 Å². The van der Waals surface area contributed by atoms with Crippen molar-refractivity contribution in [3.05, 3.63) is 82.9 Å². The summed E-state index contributed by atoms with van der Waals surface area (Å²) in [7, 11) is 3.16. The summed E-state index contributed by atoms with van der Waals surface area (Å²) >= 11 is 6.48. The average Bonchev–Trinajstić information content (AvgIpc) is 3.01. The van der Waals surface area contributed by atoms with Gasteiger partial charge in [-0.3, -0.25) is 9.69 Å². The van der Waals surface area contributed by atoms with Crippen molar-refractivity contribution in [1.82, 2.24) is 0 Å². The van der Waals surface area contributed by atoms with E-state index in [2.05, 4.69) is 0 Å². The Morgan fingerprint density at radius 2 is 1.57 bits per heavy atom. The molecular weight excluding hydrogens is 374 g/mol. The Kier molecular flexibility index (Phi) is 4.97. The fourth-order valence-electron chi connectivity index (χ4n) is 3.71. The van der Waals surface area contributed by atoms with Gasteiger partial charge in [0, 0.05) is 16.8 Å². The summed E-state index contributed by atoms with van der Waals surface area (Å²) in [6.45, 7) is 0. The summed E-state index contributed by atoms with van der Waals surface area (Å²) in [6, 6.07) is 21.2. The molecule has 1 atom stereocenters. The molecule has 1 aliphatic heterocycles. The van der Waals surface area contributed by atoms with E-state index in [9.17, 15) is 4.79 Å². The van der Waals surface area contributed by atoms with Crippen molar-refractivity contribution in [2.45, 2.75) is 12.3 Å². The van der Waals surface area contributed by atoms with E-state index in [-0.39, 0.29) is 11.8 Å². The molecule has 1 unspecified atom stereocenters. The molecule has 4 nitrogen and oxygen atoms in total. The van der Waals surface area contributed by atoms with Crippen molar-refractivity contribution in [2.75, 3.05) is 19.1 Å². The molecule has 0 radical (unpaired) electrons. The van der Waals surface area contributed by atoms with E-state index < -0.39 is 0 Å². The molecule has 0 aliphatic carbocycles. The number of benzene rings is 3. The van der Waals surface area contributed by atoms with Crippen molar-refractivity contribution < 1.29 is 14.3 Å². The fourth-order valence-corrected chi connectivity index (χ4v) is 3.94. The molecule has 0 saturated heterocycles. The second-order valence-corrected chi connectivity index (χ2v) is 7.03. The van der Waals surface area contributed by atoms with Gasteiger partial charge in [-0.05, 0) is 41.8 Å². The largest absolute Gasteiger partial charge is 0.493 e. The number of halogens is 1. The first-order valence-electron chi connectivity index (χ1n) is 9.02. The quantitative estimate of drug-likeness (QED) is 0.585. The minimum atomic E-state index is -0.313. The van der Waals surface area contributed by atoms with Crippen LogP contribution < -0.4 is 14.4 Å². The van der Waals surface area contributed by atoms with Crippen LogP contribution in [0.5, 0.6) is 11.5 Å². The predicted molar refractivity (Wildman–Crippen MR) is 111 cm³/mol. The van der Waals surface area contributed by atoms with Crippen molar-refractivity contribution >= 4 is 28.9 Å². The van der Waals surface area contributed by atoms with Crippen LogP contribution in [0, 0.1) is 0 Å². The first-order valence-corrected chi connectivity index (χ1v) is 9.40. The standard InChI is InChI=1S/C23H20ClNO3/c1-27-21-13-15(19(24)14-22(21)28-2)12-18-17-10-6-7-11-20(17)25(23(18)26)16-8-4-3-5-9-16/h3-11,13-14,18H,12H2,1-2H3. The molecular formula is C23H20ClNO3. The number of hydrogen-bond donors (Lipinski definition) is 0. The second kappa shape index (κ2) is 7.56. The smallest absolute Gasteiger partial charge is 0.239 e. The van der Waals surface area contributed by atoms with Gasteiger partial charge in [-0.25, -0.2) is 0 Å². The van der Waals surface area contributed by atoms with E-state index in [0.717, 1.165) is 22.5 Å². The lowest BCUT2D eigenvalue weighted by atomic mass is 9.93. The molecule has 28 heavy (non-hydrogen) atoms. The molecule has 0 saturated carbocycles. The van der Waals surface area contributed by atoms with E-state index in [0.29, 0.717) is 22.9 Å². The minimum Gasteiger partial charge on any atom is -0.493 e. The third-order valence-electron chi connectivity index (χ3n) is 5.06. The minimum absolute atomic E-state index is 0.0400. The molecule has 3 aromatic rings. The number of rotatable bonds is 5. The molecule has 0 aromatic heterocycles. The third-order valence-corrected chi connectivity index (χ3v) is 5.41. The van der Waals surface area contributed by atoms with Gasteiger partial charge in [-0.2, -0.15) is 0 Å². The van der Waals surface area contributed by atoms with Gasteiger partial charge >= 0.3 is 0 Å². The highest BCUT2D eigenvalue weighted by atomic mass is 35.5. The summed E-state index contributed by atoms with van der Waals surface area (Å²) in [5.41, 5.74) is 3.63. The Bertz CT molecular complexity index is 1020. The summed E-state index contributed by atoms with van der Waals surface area (Å²) < 4.78 is 10.7. The maximum absolute atomic E-state index is 13.4. The number of methoxy groups -OCH3 is 2. The molecule has 0 bridgehead atoms. The van der Waals surface area contributed by atoms with Crippen LogP contribution >= 0.6 is 11.6 Å². The molecule has 0 fully saturated rings. The van der Waals surface area contributed by atoms with E-state index >= 15 is 0 Å². The van der Waals surface area contributed by atoms with Gasteiger partial charge in [0.15, 0.2) is 11.5 Å². The van der Waals surface area contributed by atoms with Gasteiger partial charge in [-0.15, -0.1) is 0 Å². The van der Waals surface area contributed by atoms with Crippen LogP contribution in [-0.4, -0.2) is 20.1 Å². The maximum Gasteiger partial charge on any atom is 0.239 e. The zero-order valence-corrected chi connectivity index (χ0v) is 16.4. The highest BCUT2D eigenvalue weighted by Gasteiger charge is 2.38. The van der Waals surface area contributed by atoms with Crippen molar-refractivity contribution in [3.63, 3.8) is 0 Å². The molecule has 0 N–H and O–H groups in total. The van der Waals surface area contributed by atoms with Crippen LogP contribution in [0.4, 0.5) is 11.4 Å². The van der Waals surface area contributed by atoms with Crippen LogP contribution in [0.25, 0.3) is 0 Å². The Hall–Kier alpha value is -2.98. The number of amides is 1. The lowest BCUT2D eigenvalue weighted by molar-refractivity contribution is -0.118. The van der Waals surface area contributed by atoms with Gasteiger partial charge in [0.1, 0.15) is 0 Å². The normalized spacial score (nSPS) is 15.5. The number of fused-ring (bicyclic) bond motifs is 1. The lowest BCUT2D eigenvalue weighted by Crippen LogP contribution is -2.24. The van der Waals surface area contributed by atoms with Gasteiger partial charge in [0.05, 0.1) is 25.8 Å². The Balaban J connectivity index is 1.74. The third kappa shape index (κ3) is 3.10. The van der Waals surface area contributed by atoms with Crippen LogP contribution in [0.1, 0.15) is 17.0 Å². The molecule has 3 aromatic carbocycles. The molecule has 4 rings (SSSR count). The lowest BCUT2D eigenvalue weighted by Gasteiger charge is -2.18. The maximum atomic E-state index is 13.4. The zero-order chi connectivity index (χ0) is 19.7. The van der Waals surface area contributed by atoms with Gasteiger partial charge in [-0.1, -0.05) is 48.0 Å². The summed E-state index contributed by atoms with van der Waals surface area (Å²) in [5, 5.41) is 0.557. The molecule has 142 valence electrons. The predicted octanol–water partition coefficient (Wildman–Crippen LogP) is 5.36. The highest BCUT2D eigenvalue weighted by Crippen LogP contribution is 2.44. The number of para-hydroxylation sites is 2. The Morgan fingerprint density at radius 1 is 0.929 bits per heavy atom. The van der Waals surface area contributed by atoms with Gasteiger partial charge in [0.25, 0.3) is 0 Å². The summed E-state index contributed by atoms with van der Waals surface area (Å²) in [4.78, 5) is 15.2. The van der Waals surface area contributed by atoms with Crippen LogP contribution in [0.2, 0.25) is 5.02 Å². The molecule has 1 aliphatic rings. The van der Waals surface area contributed by atoms with E-state index in [4.69, 9.17) is 21.1 Å². The Labute approximate surface area is 169 Å². The number of carbonyl (C=O) groups excluding carboxylic acids is 1. The topological polar surface area (TPSA) is 38.8 Å². The zero-order valence-electron chi connectivity index (χ0n) is 15.7. The van der Waals surface area contributed by atoms with Crippen LogP contribution in [0.15, 0.2) is 66.7 Å². The SMILES string of the molecule is COc1cc(Cl)c(CC2C(=O)N(c3ccccc3)c3ccccc32)cc1OC. The van der Waals surface area contributed by atoms with Crippen molar-refractivity contribution in [1.29, 1.82) is 0 Å². The van der Waals surface area contributed by atoms with E-state index in [1.165, 1.54) is 0 Å². The first kappa shape index (κ1) is 18.4. The van der Waals surface area contributed by atoms with Crippen LogP contribution in [0.3, 0.4) is 0 Å². The fraction of sp³-hybridized carbons (Fsp3) is 0.174.